The van der Waals surface area contributed by atoms with Gasteiger partial charge in [0, 0.05) is 13.1 Å². The van der Waals surface area contributed by atoms with Crippen LogP contribution in [0.15, 0.2) is 72.8 Å². The molecule has 0 aliphatic heterocycles. The fourth-order valence-corrected chi connectivity index (χ4v) is 4.69. The third-order valence-electron chi connectivity index (χ3n) is 6.56. The first-order chi connectivity index (χ1) is 21.4. The van der Waals surface area contributed by atoms with E-state index < -0.39 is 50.1 Å². The van der Waals surface area contributed by atoms with Crippen molar-refractivity contribution < 1.29 is 39.6 Å². The van der Waals surface area contributed by atoms with E-state index in [1.165, 1.54) is 9.80 Å². The molecule has 232 valence electrons. The topological polar surface area (TPSA) is 194 Å². The second-order valence-electron chi connectivity index (χ2n) is 10.4. The van der Waals surface area contributed by atoms with Crippen LogP contribution >= 0.6 is 0 Å². The number of aliphatic carboxylic acids is 4. The minimum atomic E-state index is -1.16. The minimum Gasteiger partial charge on any atom is -0.480 e. The maximum absolute atomic E-state index is 11.3. The standard InChI is InChI=1S/C32H31N5O8/c1-20-8-10-21(11-9-20)22-12-27(25-6-2-4-23(33-25)14-36(16-29(38)39)17-30(40)41)35-28(13-22)26-7-3-5-24(34-26)15-37(18-31(42)43)19-32(44)45/h2-13H,14-19H2,1H3,(H,38,39)(H,40,41)(H,42,43)(H,44,45). The van der Waals surface area contributed by atoms with Crippen LogP contribution in [0.2, 0.25) is 0 Å². The van der Waals surface area contributed by atoms with Gasteiger partial charge in [0.25, 0.3) is 0 Å². The molecular formula is C32H31N5O8. The molecule has 4 aromatic rings. The number of carboxylic acid groups (broad SMARTS) is 4. The van der Waals surface area contributed by atoms with E-state index in [9.17, 15) is 39.6 Å². The van der Waals surface area contributed by atoms with Crippen molar-refractivity contribution in [1.82, 2.24) is 24.8 Å². The van der Waals surface area contributed by atoms with Gasteiger partial charge in [-0.2, -0.15) is 0 Å². The fourth-order valence-electron chi connectivity index (χ4n) is 4.69. The van der Waals surface area contributed by atoms with Crippen molar-refractivity contribution in [1.29, 1.82) is 0 Å². The smallest absolute Gasteiger partial charge is 0.317 e. The van der Waals surface area contributed by atoms with E-state index >= 15 is 0 Å². The fraction of sp³-hybridized carbons (Fsp3) is 0.219. The molecular weight excluding hydrogens is 582 g/mol. The second-order valence-corrected chi connectivity index (χ2v) is 10.4. The van der Waals surface area contributed by atoms with E-state index in [0.29, 0.717) is 34.2 Å². The highest BCUT2D eigenvalue weighted by Crippen LogP contribution is 2.29. The molecule has 0 spiro atoms. The molecule has 13 heteroatoms. The lowest BCUT2D eigenvalue weighted by molar-refractivity contribution is -0.144. The zero-order chi connectivity index (χ0) is 32.5. The molecule has 0 atom stereocenters. The number of nitrogens with zero attached hydrogens (tertiary/aromatic N) is 5. The lowest BCUT2D eigenvalue weighted by Crippen LogP contribution is -2.34. The van der Waals surface area contributed by atoms with E-state index in [2.05, 4.69) is 9.97 Å². The van der Waals surface area contributed by atoms with Crippen molar-refractivity contribution in [2.45, 2.75) is 20.0 Å². The van der Waals surface area contributed by atoms with Crippen molar-refractivity contribution in [3.05, 3.63) is 89.7 Å². The normalized spacial score (nSPS) is 11.1. The average Bonchev–Trinajstić information content (AvgIpc) is 2.96. The van der Waals surface area contributed by atoms with Gasteiger partial charge in [-0.25, -0.2) is 15.0 Å². The number of pyridine rings is 3. The lowest BCUT2D eigenvalue weighted by Gasteiger charge is -2.18. The molecule has 45 heavy (non-hydrogen) atoms. The monoisotopic (exact) mass is 613 g/mol. The third-order valence-corrected chi connectivity index (χ3v) is 6.56. The zero-order valence-corrected chi connectivity index (χ0v) is 24.3. The SMILES string of the molecule is Cc1ccc(-c2cc(-c3cccc(CN(CC(=O)O)CC(=O)O)n3)nc(-c3cccc(CN(CC(=O)O)CC(=O)O)n3)c2)cc1. The Labute approximate surface area is 258 Å². The Hall–Kier alpha value is -5.53. The summed E-state index contributed by atoms with van der Waals surface area (Å²) in [5.74, 6) is -4.64. The van der Waals surface area contributed by atoms with Crippen molar-refractivity contribution >= 4 is 23.9 Å². The molecule has 0 unspecified atom stereocenters. The number of carboxylic acids is 4. The van der Waals surface area contributed by atoms with Crippen LogP contribution in [0.1, 0.15) is 17.0 Å². The number of carbonyl (C=O) groups is 4. The van der Waals surface area contributed by atoms with Gasteiger partial charge in [0.1, 0.15) is 0 Å². The maximum Gasteiger partial charge on any atom is 0.317 e. The number of hydrogen-bond donors (Lipinski definition) is 4. The van der Waals surface area contributed by atoms with Gasteiger partial charge in [0.15, 0.2) is 0 Å². The predicted octanol–water partition coefficient (Wildman–Crippen LogP) is 3.12. The highest BCUT2D eigenvalue weighted by atomic mass is 16.4. The Bertz CT molecular complexity index is 1580. The number of aryl methyl sites for hydroxylation is 1. The minimum absolute atomic E-state index is 0.0102. The van der Waals surface area contributed by atoms with Crippen molar-refractivity contribution in [2.24, 2.45) is 0 Å². The van der Waals surface area contributed by atoms with E-state index in [-0.39, 0.29) is 13.1 Å². The molecule has 4 N–H and O–H groups in total. The molecule has 0 fully saturated rings. The lowest BCUT2D eigenvalue weighted by atomic mass is 10.0. The summed E-state index contributed by atoms with van der Waals surface area (Å²) in [5, 5.41) is 36.9. The van der Waals surface area contributed by atoms with Crippen LogP contribution in [0.25, 0.3) is 33.9 Å². The Morgan fingerprint density at radius 3 is 1.31 bits per heavy atom. The van der Waals surface area contributed by atoms with Crippen LogP contribution in [0.3, 0.4) is 0 Å². The third kappa shape index (κ3) is 9.74. The van der Waals surface area contributed by atoms with Gasteiger partial charge in [-0.1, -0.05) is 42.0 Å². The Morgan fingerprint density at radius 1 is 0.533 bits per heavy atom. The van der Waals surface area contributed by atoms with Gasteiger partial charge in [-0.15, -0.1) is 0 Å². The molecule has 0 saturated carbocycles. The summed E-state index contributed by atoms with van der Waals surface area (Å²) in [7, 11) is 0. The number of aromatic nitrogens is 3. The zero-order valence-electron chi connectivity index (χ0n) is 24.3. The van der Waals surface area contributed by atoms with E-state index in [4.69, 9.17) is 4.98 Å². The Morgan fingerprint density at radius 2 is 0.933 bits per heavy atom. The molecule has 0 amide bonds. The molecule has 0 aliphatic carbocycles. The van der Waals surface area contributed by atoms with Crippen LogP contribution in [0, 0.1) is 6.92 Å². The van der Waals surface area contributed by atoms with Gasteiger partial charge in [-0.05, 0) is 54.4 Å². The van der Waals surface area contributed by atoms with Gasteiger partial charge in [0.05, 0.1) is 60.3 Å². The van der Waals surface area contributed by atoms with Crippen LogP contribution in [-0.4, -0.2) is 95.2 Å². The molecule has 0 saturated heterocycles. The number of benzene rings is 1. The van der Waals surface area contributed by atoms with Crippen LogP contribution < -0.4 is 0 Å². The Balaban J connectivity index is 1.75. The van der Waals surface area contributed by atoms with Gasteiger partial charge >= 0.3 is 23.9 Å². The molecule has 0 radical (unpaired) electrons. The molecule has 1 aromatic carbocycles. The first kappa shape index (κ1) is 32.4. The second kappa shape index (κ2) is 14.8. The van der Waals surface area contributed by atoms with E-state index in [0.717, 1.165) is 16.7 Å². The van der Waals surface area contributed by atoms with Gasteiger partial charge in [0.2, 0.25) is 0 Å². The molecule has 13 nitrogen and oxygen atoms in total. The number of hydrogen-bond acceptors (Lipinski definition) is 9. The first-order valence-electron chi connectivity index (χ1n) is 13.8. The van der Waals surface area contributed by atoms with Gasteiger partial charge < -0.3 is 20.4 Å². The summed E-state index contributed by atoms with van der Waals surface area (Å²) in [4.78, 5) is 61.8. The molecule has 0 aliphatic rings. The Kier molecular flexibility index (Phi) is 10.6. The highest BCUT2D eigenvalue weighted by Gasteiger charge is 2.18. The summed E-state index contributed by atoms with van der Waals surface area (Å²) in [6.45, 7) is 0.0784. The van der Waals surface area contributed by atoms with Crippen molar-refractivity contribution in [2.75, 3.05) is 26.2 Å². The summed E-state index contributed by atoms with van der Waals surface area (Å²) >= 11 is 0. The molecule has 0 bridgehead atoms. The average molecular weight is 614 g/mol. The summed E-state index contributed by atoms with van der Waals surface area (Å²) in [6, 6.07) is 21.9. The number of rotatable bonds is 15. The summed E-state index contributed by atoms with van der Waals surface area (Å²) in [6.07, 6.45) is 0. The van der Waals surface area contributed by atoms with Gasteiger partial charge in [-0.3, -0.25) is 29.0 Å². The maximum atomic E-state index is 11.3. The molecule has 3 heterocycles. The molecule has 3 aromatic heterocycles. The first-order valence-corrected chi connectivity index (χ1v) is 13.8. The van der Waals surface area contributed by atoms with Crippen LogP contribution in [0.5, 0.6) is 0 Å². The van der Waals surface area contributed by atoms with Crippen molar-refractivity contribution in [3.63, 3.8) is 0 Å². The van der Waals surface area contributed by atoms with E-state index in [1.54, 1.807) is 36.4 Å². The predicted molar refractivity (Wildman–Crippen MR) is 162 cm³/mol. The largest absolute Gasteiger partial charge is 0.480 e. The van der Waals surface area contributed by atoms with Crippen LogP contribution in [-0.2, 0) is 32.3 Å². The molecule has 4 rings (SSSR count). The summed E-state index contributed by atoms with van der Waals surface area (Å²) in [5.41, 5.74) is 5.62. The van der Waals surface area contributed by atoms with Crippen LogP contribution in [0.4, 0.5) is 0 Å². The quantitative estimate of drug-likeness (QED) is 0.153. The van der Waals surface area contributed by atoms with E-state index in [1.807, 2.05) is 43.3 Å². The van der Waals surface area contributed by atoms with Crippen molar-refractivity contribution in [3.8, 4) is 33.9 Å². The highest BCUT2D eigenvalue weighted by molar-refractivity contribution is 5.75. The summed E-state index contributed by atoms with van der Waals surface area (Å²) < 4.78 is 0.